The van der Waals surface area contributed by atoms with E-state index in [1.54, 1.807) is 6.07 Å². The molecule has 5 heteroatoms. The van der Waals surface area contributed by atoms with E-state index in [4.69, 9.17) is 16.9 Å². The molecule has 1 aromatic heterocycles. The number of anilines is 3. The molecular weight excluding hydrogens is 260 g/mol. The van der Waals surface area contributed by atoms with Gasteiger partial charge in [0.2, 0.25) is 0 Å². The van der Waals surface area contributed by atoms with E-state index in [0.29, 0.717) is 16.5 Å². The number of benzene rings is 1. The highest BCUT2D eigenvalue weighted by Crippen LogP contribution is 2.27. The Hall–Kier alpha value is -2.25. The molecule has 0 fully saturated rings. The highest BCUT2D eigenvalue weighted by atomic mass is 35.5. The first kappa shape index (κ1) is 13.2. The van der Waals surface area contributed by atoms with Crippen LogP contribution in [0.2, 0.25) is 5.15 Å². The Morgan fingerprint density at radius 2 is 2.00 bits per heavy atom. The topological polar surface area (TPSA) is 52.0 Å². The van der Waals surface area contributed by atoms with Gasteiger partial charge < -0.3 is 10.2 Å². The SMILES string of the molecule is CN(C)c1ccccc1Nc1cc(C#N)cc(Cl)n1. The van der Waals surface area contributed by atoms with Crippen LogP contribution in [0.15, 0.2) is 36.4 Å². The molecule has 0 bridgehead atoms. The van der Waals surface area contributed by atoms with Crippen molar-refractivity contribution >= 4 is 28.8 Å². The van der Waals surface area contributed by atoms with Gasteiger partial charge in [0.1, 0.15) is 11.0 Å². The van der Waals surface area contributed by atoms with Crippen LogP contribution in [0, 0.1) is 11.3 Å². The molecule has 1 N–H and O–H groups in total. The number of pyridine rings is 1. The Kier molecular flexibility index (Phi) is 3.88. The number of hydrogen-bond acceptors (Lipinski definition) is 4. The standard InChI is InChI=1S/C14H13ClN4/c1-19(2)12-6-4-3-5-11(12)17-14-8-10(9-16)7-13(15)18-14/h3-8H,1-2H3,(H,17,18). The molecule has 1 aromatic carbocycles. The van der Waals surface area contributed by atoms with Gasteiger partial charge in [-0.05, 0) is 24.3 Å². The van der Waals surface area contributed by atoms with Gasteiger partial charge in [0.25, 0.3) is 0 Å². The molecule has 96 valence electrons. The minimum Gasteiger partial charge on any atom is -0.376 e. The van der Waals surface area contributed by atoms with Crippen LogP contribution in [0.1, 0.15) is 5.56 Å². The molecular formula is C14H13ClN4. The third-order valence-corrected chi connectivity index (χ3v) is 2.77. The molecule has 0 spiro atoms. The Bertz CT molecular complexity index is 632. The fourth-order valence-corrected chi connectivity index (χ4v) is 1.94. The number of para-hydroxylation sites is 2. The summed E-state index contributed by atoms with van der Waals surface area (Å²) in [6, 6.07) is 13.1. The summed E-state index contributed by atoms with van der Waals surface area (Å²) in [6.45, 7) is 0. The van der Waals surface area contributed by atoms with Crippen molar-refractivity contribution in [2.24, 2.45) is 0 Å². The molecule has 4 nitrogen and oxygen atoms in total. The van der Waals surface area contributed by atoms with Crippen LogP contribution in [0.4, 0.5) is 17.2 Å². The minimum atomic E-state index is 0.295. The summed E-state index contributed by atoms with van der Waals surface area (Å²) in [6.07, 6.45) is 0. The Labute approximate surface area is 117 Å². The summed E-state index contributed by atoms with van der Waals surface area (Å²) in [7, 11) is 3.93. The highest BCUT2D eigenvalue weighted by Gasteiger charge is 2.06. The predicted octanol–water partition coefficient (Wildman–Crippen LogP) is 3.42. The van der Waals surface area contributed by atoms with Crippen LogP contribution in [-0.2, 0) is 0 Å². The number of halogens is 1. The molecule has 0 aliphatic heterocycles. The summed E-state index contributed by atoms with van der Waals surface area (Å²) in [5, 5.41) is 12.4. The summed E-state index contributed by atoms with van der Waals surface area (Å²) in [4.78, 5) is 6.16. The van der Waals surface area contributed by atoms with Crippen molar-refractivity contribution in [1.82, 2.24) is 4.98 Å². The van der Waals surface area contributed by atoms with E-state index in [2.05, 4.69) is 16.4 Å². The maximum Gasteiger partial charge on any atom is 0.133 e. The van der Waals surface area contributed by atoms with Crippen LogP contribution in [0.5, 0.6) is 0 Å². The molecule has 0 unspecified atom stereocenters. The monoisotopic (exact) mass is 272 g/mol. The van der Waals surface area contributed by atoms with E-state index < -0.39 is 0 Å². The lowest BCUT2D eigenvalue weighted by Gasteiger charge is -2.18. The van der Waals surface area contributed by atoms with Gasteiger partial charge in [-0.25, -0.2) is 4.98 Å². The average molecular weight is 273 g/mol. The van der Waals surface area contributed by atoms with Gasteiger partial charge in [-0.3, -0.25) is 0 Å². The van der Waals surface area contributed by atoms with Gasteiger partial charge in [0.05, 0.1) is 23.0 Å². The van der Waals surface area contributed by atoms with Gasteiger partial charge in [-0.1, -0.05) is 23.7 Å². The third kappa shape index (κ3) is 3.15. The normalized spacial score (nSPS) is 9.79. The van der Waals surface area contributed by atoms with Crippen LogP contribution >= 0.6 is 11.6 Å². The first-order valence-corrected chi connectivity index (χ1v) is 6.09. The van der Waals surface area contributed by atoms with Gasteiger partial charge >= 0.3 is 0 Å². The smallest absolute Gasteiger partial charge is 0.133 e. The summed E-state index contributed by atoms with van der Waals surface area (Å²) >= 11 is 5.88. The van der Waals surface area contributed by atoms with Gasteiger partial charge in [-0.2, -0.15) is 5.26 Å². The van der Waals surface area contributed by atoms with Crippen LogP contribution in [0.25, 0.3) is 0 Å². The number of nitrogens with zero attached hydrogens (tertiary/aromatic N) is 3. The molecule has 0 radical (unpaired) electrons. The average Bonchev–Trinajstić information content (AvgIpc) is 2.38. The van der Waals surface area contributed by atoms with Crippen molar-refractivity contribution < 1.29 is 0 Å². The number of nitrogens with one attached hydrogen (secondary N) is 1. The van der Waals surface area contributed by atoms with Gasteiger partial charge in [0.15, 0.2) is 0 Å². The van der Waals surface area contributed by atoms with Crippen molar-refractivity contribution in [1.29, 1.82) is 5.26 Å². The Morgan fingerprint density at radius 3 is 2.68 bits per heavy atom. The first-order valence-electron chi connectivity index (χ1n) is 5.71. The predicted molar refractivity (Wildman–Crippen MR) is 78.0 cm³/mol. The molecule has 19 heavy (non-hydrogen) atoms. The number of nitriles is 1. The lowest BCUT2D eigenvalue weighted by molar-refractivity contribution is 1.13. The molecule has 0 amide bonds. The quantitative estimate of drug-likeness (QED) is 0.870. The van der Waals surface area contributed by atoms with E-state index in [1.165, 1.54) is 6.07 Å². The highest BCUT2D eigenvalue weighted by molar-refractivity contribution is 6.29. The number of hydrogen-bond donors (Lipinski definition) is 1. The Morgan fingerprint density at radius 1 is 1.26 bits per heavy atom. The van der Waals surface area contributed by atoms with Crippen molar-refractivity contribution in [3.05, 3.63) is 47.1 Å². The Balaban J connectivity index is 2.37. The second kappa shape index (κ2) is 5.59. The summed E-state index contributed by atoms with van der Waals surface area (Å²) < 4.78 is 0. The minimum absolute atomic E-state index is 0.295. The molecule has 0 saturated heterocycles. The van der Waals surface area contributed by atoms with E-state index >= 15 is 0 Å². The maximum atomic E-state index is 8.92. The lowest BCUT2D eigenvalue weighted by Crippen LogP contribution is -2.11. The molecule has 2 rings (SSSR count). The second-order valence-corrected chi connectivity index (χ2v) is 4.60. The molecule has 0 aliphatic carbocycles. The fourth-order valence-electron chi connectivity index (χ4n) is 1.73. The molecule has 0 atom stereocenters. The molecule has 1 heterocycles. The van der Waals surface area contributed by atoms with Gasteiger partial charge in [-0.15, -0.1) is 0 Å². The van der Waals surface area contributed by atoms with Gasteiger partial charge in [0, 0.05) is 14.1 Å². The molecule has 0 aliphatic rings. The first-order chi connectivity index (χ1) is 9.10. The van der Waals surface area contributed by atoms with Crippen LogP contribution in [0.3, 0.4) is 0 Å². The zero-order valence-corrected chi connectivity index (χ0v) is 11.4. The largest absolute Gasteiger partial charge is 0.376 e. The van der Waals surface area contributed by atoms with Crippen molar-refractivity contribution in [3.63, 3.8) is 0 Å². The fraction of sp³-hybridized carbons (Fsp3) is 0.143. The summed E-state index contributed by atoms with van der Waals surface area (Å²) in [5.74, 6) is 0.554. The molecule has 2 aromatic rings. The third-order valence-electron chi connectivity index (χ3n) is 2.57. The second-order valence-electron chi connectivity index (χ2n) is 4.21. The summed E-state index contributed by atoms with van der Waals surface area (Å²) in [5.41, 5.74) is 2.42. The van der Waals surface area contributed by atoms with Crippen molar-refractivity contribution in [2.45, 2.75) is 0 Å². The number of rotatable bonds is 3. The zero-order chi connectivity index (χ0) is 13.8. The van der Waals surface area contributed by atoms with Crippen molar-refractivity contribution in [2.75, 3.05) is 24.3 Å². The van der Waals surface area contributed by atoms with E-state index in [1.807, 2.05) is 43.3 Å². The zero-order valence-electron chi connectivity index (χ0n) is 10.7. The molecule has 0 saturated carbocycles. The van der Waals surface area contributed by atoms with Crippen LogP contribution < -0.4 is 10.2 Å². The lowest BCUT2D eigenvalue weighted by atomic mass is 10.2. The number of aromatic nitrogens is 1. The van der Waals surface area contributed by atoms with Crippen molar-refractivity contribution in [3.8, 4) is 6.07 Å². The van der Waals surface area contributed by atoms with E-state index in [9.17, 15) is 0 Å². The van der Waals surface area contributed by atoms with E-state index in [-0.39, 0.29) is 0 Å². The van der Waals surface area contributed by atoms with E-state index in [0.717, 1.165) is 11.4 Å². The maximum absolute atomic E-state index is 8.92. The van der Waals surface area contributed by atoms with Crippen LogP contribution in [-0.4, -0.2) is 19.1 Å².